The van der Waals surface area contributed by atoms with Gasteiger partial charge in [-0.05, 0) is 25.7 Å². The van der Waals surface area contributed by atoms with Gasteiger partial charge in [-0.2, -0.15) is 0 Å². The summed E-state index contributed by atoms with van der Waals surface area (Å²) in [6, 6.07) is 0.419. The number of hydrogen-bond acceptors (Lipinski definition) is 6. The third-order valence-corrected chi connectivity index (χ3v) is 6.17. The van der Waals surface area contributed by atoms with E-state index in [1.807, 2.05) is 6.92 Å². The van der Waals surface area contributed by atoms with Crippen LogP contribution in [0.4, 0.5) is 0 Å². The third-order valence-electron chi connectivity index (χ3n) is 2.50. The molecule has 1 saturated carbocycles. The Labute approximate surface area is 126 Å². The van der Waals surface area contributed by atoms with E-state index in [0.717, 1.165) is 27.3 Å². The molecule has 0 saturated heterocycles. The molecule has 0 aliphatic heterocycles. The van der Waals surface area contributed by atoms with Crippen LogP contribution in [0.2, 0.25) is 0 Å². The van der Waals surface area contributed by atoms with Crippen LogP contribution < -0.4 is 5.32 Å². The van der Waals surface area contributed by atoms with Gasteiger partial charge in [-0.15, -0.1) is 10.2 Å². The minimum absolute atomic E-state index is 0.100. The van der Waals surface area contributed by atoms with Gasteiger partial charge < -0.3 is 5.32 Å². The summed E-state index contributed by atoms with van der Waals surface area (Å²) in [4.78, 5) is 11.8. The van der Waals surface area contributed by atoms with Crippen LogP contribution in [0.25, 0.3) is 0 Å². The first-order valence-electron chi connectivity index (χ1n) is 6.48. The van der Waals surface area contributed by atoms with Crippen molar-refractivity contribution in [3.05, 3.63) is 0 Å². The number of amides is 1. The molecule has 1 heterocycles. The fourth-order valence-electron chi connectivity index (χ4n) is 1.29. The lowest BCUT2D eigenvalue weighted by Gasteiger charge is -2.08. The molecule has 1 N–H and O–H groups in total. The van der Waals surface area contributed by atoms with Crippen LogP contribution in [0, 0.1) is 5.92 Å². The smallest absolute Gasteiger partial charge is 0.233 e. The lowest BCUT2D eigenvalue weighted by Crippen LogP contribution is -2.32. The predicted molar refractivity (Wildman–Crippen MR) is 82.0 cm³/mol. The normalized spacial score (nSPS) is 16.6. The summed E-state index contributed by atoms with van der Waals surface area (Å²) in [5, 5.41) is 11.2. The summed E-state index contributed by atoms with van der Waals surface area (Å²) in [5.74, 6) is 1.81. The van der Waals surface area contributed by atoms with E-state index in [9.17, 15) is 4.79 Å². The van der Waals surface area contributed by atoms with Crippen molar-refractivity contribution in [2.75, 3.05) is 5.75 Å². The van der Waals surface area contributed by atoms with Gasteiger partial charge in [-0.3, -0.25) is 4.79 Å². The number of nitrogens with zero attached hydrogens (tertiary/aromatic N) is 2. The topological polar surface area (TPSA) is 54.9 Å². The first kappa shape index (κ1) is 15.1. The monoisotopic (exact) mass is 317 g/mol. The number of thioether (sulfide) groups is 2. The Kier molecular flexibility index (Phi) is 5.53. The Bertz CT molecular complexity index is 432. The minimum atomic E-state index is -0.100. The van der Waals surface area contributed by atoms with E-state index in [1.54, 1.807) is 23.1 Å². The lowest BCUT2D eigenvalue weighted by molar-refractivity contribution is -0.120. The Morgan fingerprint density at radius 3 is 2.68 bits per heavy atom. The van der Waals surface area contributed by atoms with Crippen molar-refractivity contribution in [3.63, 3.8) is 0 Å². The van der Waals surface area contributed by atoms with E-state index in [4.69, 9.17) is 0 Å². The number of hydrogen-bond donors (Lipinski definition) is 1. The molecule has 1 aliphatic rings. The highest BCUT2D eigenvalue weighted by Gasteiger charge is 2.26. The van der Waals surface area contributed by atoms with E-state index in [1.165, 1.54) is 11.8 Å². The first-order valence-corrected chi connectivity index (χ1v) is 9.16. The van der Waals surface area contributed by atoms with Gasteiger partial charge in [-0.25, -0.2) is 0 Å². The first-order chi connectivity index (χ1) is 9.04. The molecular formula is C12H19N3OS3. The Morgan fingerprint density at radius 2 is 2.05 bits per heavy atom. The highest BCUT2D eigenvalue weighted by atomic mass is 32.2. The van der Waals surface area contributed by atoms with Gasteiger partial charge in [0.15, 0.2) is 8.68 Å². The highest BCUT2D eigenvalue weighted by molar-refractivity contribution is 8.03. The Balaban J connectivity index is 1.79. The summed E-state index contributed by atoms with van der Waals surface area (Å²) in [5.41, 5.74) is 0. The number of nitrogens with one attached hydrogen (secondary N) is 1. The van der Waals surface area contributed by atoms with Crippen molar-refractivity contribution >= 4 is 40.8 Å². The molecule has 1 aliphatic carbocycles. The molecule has 1 aromatic heterocycles. The van der Waals surface area contributed by atoms with Gasteiger partial charge in [0.1, 0.15) is 0 Å². The number of carbonyl (C=O) groups is 1. The SMILES string of the molecule is CC(C)CSc1nnc(S[C@H](C)C(=O)NC2CC2)s1. The molecule has 106 valence electrons. The molecule has 7 heteroatoms. The minimum Gasteiger partial charge on any atom is -0.352 e. The highest BCUT2D eigenvalue weighted by Crippen LogP contribution is 2.32. The van der Waals surface area contributed by atoms with Gasteiger partial charge >= 0.3 is 0 Å². The third kappa shape index (κ3) is 5.31. The van der Waals surface area contributed by atoms with Crippen LogP contribution >= 0.6 is 34.9 Å². The molecule has 1 amide bonds. The maximum absolute atomic E-state index is 11.8. The maximum atomic E-state index is 11.8. The molecule has 2 rings (SSSR count). The molecule has 19 heavy (non-hydrogen) atoms. The molecule has 0 bridgehead atoms. The van der Waals surface area contributed by atoms with Crippen molar-refractivity contribution in [2.24, 2.45) is 5.92 Å². The fourth-order valence-corrected chi connectivity index (χ4v) is 4.44. The van der Waals surface area contributed by atoms with E-state index in [2.05, 4.69) is 29.4 Å². The summed E-state index contributed by atoms with van der Waals surface area (Å²) < 4.78 is 1.87. The molecule has 0 spiro atoms. The second-order valence-electron chi connectivity index (χ2n) is 5.08. The van der Waals surface area contributed by atoms with Crippen LogP contribution in [0.15, 0.2) is 8.68 Å². The van der Waals surface area contributed by atoms with Crippen molar-refractivity contribution < 1.29 is 4.79 Å². The van der Waals surface area contributed by atoms with Crippen LogP contribution in [0.1, 0.15) is 33.6 Å². The average molecular weight is 318 g/mol. The lowest BCUT2D eigenvalue weighted by atomic mass is 10.3. The largest absolute Gasteiger partial charge is 0.352 e. The van der Waals surface area contributed by atoms with Gasteiger partial charge in [-0.1, -0.05) is 48.7 Å². The molecule has 1 fully saturated rings. The molecule has 1 aromatic rings. The van der Waals surface area contributed by atoms with E-state index < -0.39 is 0 Å². The van der Waals surface area contributed by atoms with Gasteiger partial charge in [0.05, 0.1) is 5.25 Å². The van der Waals surface area contributed by atoms with Gasteiger partial charge in [0, 0.05) is 11.8 Å². The summed E-state index contributed by atoms with van der Waals surface area (Å²) in [7, 11) is 0. The van der Waals surface area contributed by atoms with Crippen LogP contribution in [-0.4, -0.2) is 33.1 Å². The predicted octanol–water partition coefficient (Wildman–Crippen LogP) is 3.05. The van der Waals surface area contributed by atoms with Crippen LogP contribution in [0.3, 0.4) is 0 Å². The molecule has 0 aromatic carbocycles. The zero-order chi connectivity index (χ0) is 13.8. The van der Waals surface area contributed by atoms with Gasteiger partial charge in [0.2, 0.25) is 5.91 Å². The van der Waals surface area contributed by atoms with Crippen molar-refractivity contribution in [1.82, 2.24) is 15.5 Å². The van der Waals surface area contributed by atoms with E-state index in [-0.39, 0.29) is 11.2 Å². The number of aromatic nitrogens is 2. The molecular weight excluding hydrogens is 298 g/mol. The summed E-state index contributed by atoms with van der Waals surface area (Å²) in [6.45, 7) is 6.30. The van der Waals surface area contributed by atoms with E-state index >= 15 is 0 Å². The molecule has 4 nitrogen and oxygen atoms in total. The molecule has 1 atom stereocenters. The Morgan fingerprint density at radius 1 is 1.37 bits per heavy atom. The molecule has 0 unspecified atom stereocenters. The summed E-state index contributed by atoms with van der Waals surface area (Å²) in [6.07, 6.45) is 2.25. The quantitative estimate of drug-likeness (QED) is 0.783. The molecule has 0 radical (unpaired) electrons. The van der Waals surface area contributed by atoms with Crippen molar-refractivity contribution in [1.29, 1.82) is 0 Å². The zero-order valence-corrected chi connectivity index (χ0v) is 13.8. The van der Waals surface area contributed by atoms with Crippen LogP contribution in [0.5, 0.6) is 0 Å². The van der Waals surface area contributed by atoms with Gasteiger partial charge in [0.25, 0.3) is 0 Å². The number of carbonyl (C=O) groups excluding carboxylic acids is 1. The second kappa shape index (κ2) is 6.95. The maximum Gasteiger partial charge on any atom is 0.233 e. The standard InChI is InChI=1S/C12H19N3OS3/c1-7(2)6-17-11-14-15-12(19-11)18-8(3)10(16)13-9-4-5-9/h7-9H,4-6H2,1-3H3,(H,13,16)/t8-/m1/s1. The summed E-state index contributed by atoms with van der Waals surface area (Å²) >= 11 is 4.81. The zero-order valence-electron chi connectivity index (χ0n) is 11.4. The fraction of sp³-hybridized carbons (Fsp3) is 0.750. The Hall–Kier alpha value is -0.270. The second-order valence-corrected chi connectivity index (χ2v) is 8.91. The number of rotatable bonds is 7. The van der Waals surface area contributed by atoms with Crippen molar-refractivity contribution in [3.8, 4) is 0 Å². The van der Waals surface area contributed by atoms with E-state index in [0.29, 0.717) is 12.0 Å². The van der Waals surface area contributed by atoms with Crippen molar-refractivity contribution in [2.45, 2.75) is 53.6 Å². The average Bonchev–Trinajstić information content (AvgIpc) is 3.05. The van der Waals surface area contributed by atoms with Crippen LogP contribution in [-0.2, 0) is 4.79 Å².